The van der Waals surface area contributed by atoms with Crippen LogP contribution in [0.1, 0.15) is 51.1 Å². The summed E-state index contributed by atoms with van der Waals surface area (Å²) in [5.41, 5.74) is 10.7. The highest BCUT2D eigenvalue weighted by Gasteiger charge is 2.41. The van der Waals surface area contributed by atoms with Crippen LogP contribution in [0, 0.1) is 0 Å². The molecule has 0 aliphatic heterocycles. The van der Waals surface area contributed by atoms with E-state index in [1.807, 2.05) is 28.5 Å². The minimum atomic E-state index is -0.463. The SMILES string of the molecule is NC(=O)c1nn(C2CC2)c2c1C=CC(c1ccccc1)(c1cncs1)C2. The van der Waals surface area contributed by atoms with E-state index in [4.69, 9.17) is 5.73 Å². The van der Waals surface area contributed by atoms with Crippen molar-refractivity contribution in [2.45, 2.75) is 30.7 Å². The van der Waals surface area contributed by atoms with E-state index in [-0.39, 0.29) is 5.41 Å². The van der Waals surface area contributed by atoms with Crippen molar-refractivity contribution in [1.82, 2.24) is 14.8 Å². The molecule has 0 spiro atoms. The van der Waals surface area contributed by atoms with Gasteiger partial charge in [-0.1, -0.05) is 42.5 Å². The number of hydrogen-bond donors (Lipinski definition) is 1. The van der Waals surface area contributed by atoms with E-state index in [0.717, 1.165) is 30.5 Å². The lowest BCUT2D eigenvalue weighted by Crippen LogP contribution is -2.30. The maximum Gasteiger partial charge on any atom is 0.269 e. The third-order valence-corrected chi connectivity index (χ3v) is 6.27. The largest absolute Gasteiger partial charge is 0.364 e. The third kappa shape index (κ3) is 2.25. The number of nitrogens with zero attached hydrogens (tertiary/aromatic N) is 3. The van der Waals surface area contributed by atoms with E-state index in [0.29, 0.717) is 11.7 Å². The number of hydrogen-bond acceptors (Lipinski definition) is 4. The van der Waals surface area contributed by atoms with Crippen molar-refractivity contribution in [3.05, 3.63) is 75.5 Å². The molecular weight excluding hydrogens is 344 g/mol. The van der Waals surface area contributed by atoms with Crippen molar-refractivity contribution >= 4 is 23.3 Å². The second-order valence-electron chi connectivity index (χ2n) is 6.96. The minimum absolute atomic E-state index is 0.295. The van der Waals surface area contributed by atoms with E-state index in [1.165, 1.54) is 10.4 Å². The first-order chi connectivity index (χ1) is 12.7. The molecule has 1 saturated carbocycles. The lowest BCUT2D eigenvalue weighted by molar-refractivity contribution is 0.0994. The molecule has 6 heteroatoms. The van der Waals surface area contributed by atoms with Crippen LogP contribution in [0.25, 0.3) is 6.08 Å². The van der Waals surface area contributed by atoms with E-state index in [2.05, 4.69) is 40.4 Å². The fourth-order valence-corrected chi connectivity index (χ4v) is 4.69. The number of carbonyl (C=O) groups is 1. The van der Waals surface area contributed by atoms with Crippen molar-refractivity contribution in [3.8, 4) is 0 Å². The van der Waals surface area contributed by atoms with Gasteiger partial charge in [-0.2, -0.15) is 5.10 Å². The highest BCUT2D eigenvalue weighted by Crippen LogP contribution is 2.46. The molecule has 5 rings (SSSR count). The summed E-state index contributed by atoms with van der Waals surface area (Å²) in [7, 11) is 0. The molecule has 0 saturated heterocycles. The third-order valence-electron chi connectivity index (χ3n) is 5.32. The van der Waals surface area contributed by atoms with Crippen LogP contribution in [-0.2, 0) is 11.8 Å². The van der Waals surface area contributed by atoms with Gasteiger partial charge >= 0.3 is 0 Å². The number of fused-ring (bicyclic) bond motifs is 1. The molecule has 3 aromatic rings. The van der Waals surface area contributed by atoms with Crippen LogP contribution in [0.2, 0.25) is 0 Å². The van der Waals surface area contributed by atoms with Gasteiger partial charge in [-0.25, -0.2) is 0 Å². The number of carbonyl (C=O) groups excluding carboxylic acids is 1. The Balaban J connectivity index is 1.72. The number of rotatable bonds is 4. The van der Waals surface area contributed by atoms with Crippen LogP contribution in [0.5, 0.6) is 0 Å². The number of primary amides is 1. The van der Waals surface area contributed by atoms with Crippen molar-refractivity contribution in [3.63, 3.8) is 0 Å². The van der Waals surface area contributed by atoms with Gasteiger partial charge in [0.15, 0.2) is 5.69 Å². The Morgan fingerprint density at radius 2 is 2.08 bits per heavy atom. The molecule has 5 nitrogen and oxygen atoms in total. The van der Waals surface area contributed by atoms with E-state index in [1.54, 1.807) is 11.3 Å². The Morgan fingerprint density at radius 1 is 1.27 bits per heavy atom. The average molecular weight is 362 g/mol. The van der Waals surface area contributed by atoms with Gasteiger partial charge in [0.25, 0.3) is 5.91 Å². The summed E-state index contributed by atoms with van der Waals surface area (Å²) < 4.78 is 2.04. The van der Waals surface area contributed by atoms with Crippen molar-refractivity contribution in [2.24, 2.45) is 5.73 Å². The first kappa shape index (κ1) is 15.5. The quantitative estimate of drug-likeness (QED) is 0.774. The van der Waals surface area contributed by atoms with Crippen LogP contribution >= 0.6 is 11.3 Å². The molecule has 26 heavy (non-hydrogen) atoms. The second-order valence-corrected chi connectivity index (χ2v) is 7.85. The van der Waals surface area contributed by atoms with Gasteiger partial charge in [-0.15, -0.1) is 11.3 Å². The topological polar surface area (TPSA) is 73.8 Å². The van der Waals surface area contributed by atoms with Crippen molar-refractivity contribution in [2.75, 3.05) is 0 Å². The zero-order valence-electron chi connectivity index (χ0n) is 14.1. The van der Waals surface area contributed by atoms with Gasteiger partial charge in [0.1, 0.15) is 0 Å². The van der Waals surface area contributed by atoms with Gasteiger partial charge in [0.2, 0.25) is 0 Å². The predicted molar refractivity (Wildman–Crippen MR) is 101 cm³/mol. The molecule has 0 bridgehead atoms. The molecule has 2 aromatic heterocycles. The standard InChI is InChI=1S/C20H18N4OS/c21-19(25)18-15-8-9-20(17-11-22-12-26-17,13-4-2-1-3-5-13)10-16(15)24(23-18)14-6-7-14/h1-5,8-9,11-12,14H,6-7,10H2,(H2,21,25). The summed E-state index contributed by atoms with van der Waals surface area (Å²) in [6, 6.07) is 10.9. The molecule has 1 atom stereocenters. The molecule has 2 N–H and O–H groups in total. The van der Waals surface area contributed by atoms with Crippen molar-refractivity contribution in [1.29, 1.82) is 0 Å². The maximum absolute atomic E-state index is 11.9. The van der Waals surface area contributed by atoms with Crippen LogP contribution in [0.15, 0.2) is 48.1 Å². The highest BCUT2D eigenvalue weighted by atomic mass is 32.1. The van der Waals surface area contributed by atoms with Crippen LogP contribution < -0.4 is 5.73 Å². The molecule has 1 aromatic carbocycles. The Morgan fingerprint density at radius 3 is 2.73 bits per heavy atom. The zero-order chi connectivity index (χ0) is 17.7. The Kier molecular flexibility index (Phi) is 3.37. The van der Waals surface area contributed by atoms with Crippen LogP contribution in [0.3, 0.4) is 0 Å². The van der Waals surface area contributed by atoms with E-state index >= 15 is 0 Å². The molecule has 1 amide bonds. The minimum Gasteiger partial charge on any atom is -0.364 e. The number of thiazole rings is 1. The van der Waals surface area contributed by atoms with Gasteiger partial charge in [-0.05, 0) is 18.4 Å². The van der Waals surface area contributed by atoms with E-state index in [9.17, 15) is 4.79 Å². The van der Waals surface area contributed by atoms with Gasteiger partial charge < -0.3 is 5.73 Å². The van der Waals surface area contributed by atoms with Gasteiger partial charge in [-0.3, -0.25) is 14.5 Å². The Labute approximate surface area is 155 Å². The maximum atomic E-state index is 11.9. The summed E-state index contributed by atoms with van der Waals surface area (Å²) in [6.45, 7) is 0. The number of benzene rings is 1. The van der Waals surface area contributed by atoms with Gasteiger partial charge in [0, 0.05) is 28.8 Å². The van der Waals surface area contributed by atoms with Gasteiger partial charge in [0.05, 0.1) is 17.0 Å². The molecule has 130 valence electrons. The van der Waals surface area contributed by atoms with E-state index < -0.39 is 5.91 Å². The molecular formula is C20H18N4OS. The smallest absolute Gasteiger partial charge is 0.269 e. The Hall–Kier alpha value is -2.73. The predicted octanol–water partition coefficient (Wildman–Crippen LogP) is 3.33. The molecule has 0 radical (unpaired) electrons. The summed E-state index contributed by atoms with van der Waals surface area (Å²) in [4.78, 5) is 17.4. The normalized spacial score (nSPS) is 21.5. The number of nitrogens with two attached hydrogens (primary N) is 1. The number of amides is 1. The summed E-state index contributed by atoms with van der Waals surface area (Å²) in [5, 5.41) is 4.57. The lowest BCUT2D eigenvalue weighted by Gasteiger charge is -2.33. The second kappa shape index (κ2) is 5.64. The summed E-state index contributed by atoms with van der Waals surface area (Å²) in [6.07, 6.45) is 9.12. The van der Waals surface area contributed by atoms with Crippen molar-refractivity contribution < 1.29 is 4.79 Å². The molecule has 2 heterocycles. The average Bonchev–Trinajstić information content (AvgIpc) is 3.21. The molecule has 2 aliphatic carbocycles. The molecule has 1 unspecified atom stereocenters. The first-order valence-electron chi connectivity index (χ1n) is 8.74. The fraction of sp³-hybridized carbons (Fsp3) is 0.250. The molecule has 2 aliphatic rings. The summed E-state index contributed by atoms with van der Waals surface area (Å²) in [5.74, 6) is -0.463. The Bertz CT molecular complexity index is 1000. The molecule has 1 fully saturated rings. The monoisotopic (exact) mass is 362 g/mol. The summed E-state index contributed by atoms with van der Waals surface area (Å²) >= 11 is 1.66. The zero-order valence-corrected chi connectivity index (χ0v) is 14.9. The number of allylic oxidation sites excluding steroid dienone is 1. The van der Waals surface area contributed by atoms with Crippen LogP contribution in [0.4, 0.5) is 0 Å². The fourth-order valence-electron chi connectivity index (χ4n) is 3.87. The first-order valence-corrected chi connectivity index (χ1v) is 9.62. The highest BCUT2D eigenvalue weighted by molar-refractivity contribution is 7.09. The number of aromatic nitrogens is 3. The van der Waals surface area contributed by atoms with Crippen LogP contribution in [-0.4, -0.2) is 20.7 Å². The lowest BCUT2D eigenvalue weighted by atomic mass is 9.72.